The number of rotatable bonds is 0. The van der Waals surface area contributed by atoms with E-state index in [0.717, 1.165) is 5.39 Å². The monoisotopic (exact) mass is 155 g/mol. The van der Waals surface area contributed by atoms with Crippen LogP contribution in [0.2, 0.25) is 0 Å². The van der Waals surface area contributed by atoms with E-state index in [1.807, 2.05) is 6.07 Å². The van der Waals surface area contributed by atoms with Gasteiger partial charge in [-0.2, -0.15) is 0 Å². The molecule has 1 heterocycles. The Labute approximate surface area is 71.3 Å². The molecule has 0 saturated carbocycles. The summed E-state index contributed by atoms with van der Waals surface area (Å²) in [5, 5.41) is 10.3. The number of phenolic OH excluding ortho intramolecular Hbond substituents is 1. The third-order valence-electron chi connectivity index (χ3n) is 1.71. The van der Waals surface area contributed by atoms with E-state index in [1.165, 1.54) is 6.07 Å². The van der Waals surface area contributed by atoms with Crippen molar-refractivity contribution in [1.29, 1.82) is 0 Å². The third-order valence-corrected chi connectivity index (χ3v) is 1.71. The zero-order valence-electron chi connectivity index (χ0n) is 6.36. The van der Waals surface area contributed by atoms with Gasteiger partial charge in [0.15, 0.2) is 0 Å². The van der Waals surface area contributed by atoms with Crippen LogP contribution in [0.3, 0.4) is 0 Å². The highest BCUT2D eigenvalue weighted by atomic mass is 16.3. The lowest BCUT2D eigenvalue weighted by Gasteiger charge is -2.00. The van der Waals surface area contributed by atoms with Gasteiger partial charge in [-0.05, 0) is 12.1 Å². The second-order valence-electron chi connectivity index (χ2n) is 2.62. The molecule has 0 aliphatic heterocycles. The maximum atomic E-state index is 9.41. The van der Waals surface area contributed by atoms with Crippen molar-refractivity contribution in [2.24, 2.45) is 0 Å². The third kappa shape index (κ3) is 1.03. The predicted molar refractivity (Wildman–Crippen MR) is 48.8 cm³/mol. The molecule has 0 aliphatic rings. The molecule has 0 aliphatic carbocycles. The van der Waals surface area contributed by atoms with Crippen molar-refractivity contribution in [3.63, 3.8) is 0 Å². The number of aromatic hydroxyl groups is 1. The summed E-state index contributed by atoms with van der Waals surface area (Å²) in [6.07, 6.45) is 1.64. The first kappa shape index (κ1) is 7.16. The molecule has 1 aromatic heterocycles. The quantitative estimate of drug-likeness (QED) is 0.569. The van der Waals surface area contributed by atoms with Crippen molar-refractivity contribution in [1.82, 2.24) is 4.98 Å². The fraction of sp³-hybridized carbons (Fsp3) is 0. The molecule has 12 heavy (non-hydrogen) atoms. The molecular weight excluding hydrogens is 149 g/mol. The summed E-state index contributed by atoms with van der Waals surface area (Å²) in [6, 6.07) is 6.94. The second kappa shape index (κ2) is 2.52. The normalized spacial score (nSPS) is 10.3. The van der Waals surface area contributed by atoms with Crippen LogP contribution in [-0.2, 0) is 0 Å². The Morgan fingerprint density at radius 2 is 2.17 bits per heavy atom. The first-order valence-electron chi connectivity index (χ1n) is 3.60. The number of pyridine rings is 1. The van der Waals surface area contributed by atoms with Crippen LogP contribution >= 0.6 is 0 Å². The fourth-order valence-electron chi connectivity index (χ4n) is 1.20. The Bertz CT molecular complexity index is 428. The van der Waals surface area contributed by atoms with E-state index in [2.05, 4.69) is 4.98 Å². The molecule has 0 bridgehead atoms. The number of hydrogen-bond acceptors (Lipinski definition) is 2. The van der Waals surface area contributed by atoms with Gasteiger partial charge in [0.25, 0.3) is 0 Å². The molecule has 2 nitrogen and oxygen atoms in total. The van der Waals surface area contributed by atoms with Crippen molar-refractivity contribution in [3.05, 3.63) is 30.5 Å². The summed E-state index contributed by atoms with van der Waals surface area (Å²) < 4.78 is 0. The molecule has 1 aromatic carbocycles. The van der Waals surface area contributed by atoms with Gasteiger partial charge in [-0.3, -0.25) is 4.98 Å². The lowest BCUT2D eigenvalue weighted by molar-refractivity contribution is 0.481. The fourth-order valence-corrected chi connectivity index (χ4v) is 1.20. The van der Waals surface area contributed by atoms with Gasteiger partial charge in [-0.1, -0.05) is 17.6 Å². The SMILES string of the molecule is [B]c1cc(O)c2ncccc2c1. The van der Waals surface area contributed by atoms with Crippen LogP contribution in [0.1, 0.15) is 0 Å². The summed E-state index contributed by atoms with van der Waals surface area (Å²) in [6.45, 7) is 0. The van der Waals surface area contributed by atoms with Gasteiger partial charge < -0.3 is 5.11 Å². The Morgan fingerprint density at radius 3 is 3.00 bits per heavy atom. The predicted octanol–water partition coefficient (Wildman–Crippen LogP) is 0.734. The van der Waals surface area contributed by atoms with E-state index in [4.69, 9.17) is 7.85 Å². The molecule has 0 unspecified atom stereocenters. The van der Waals surface area contributed by atoms with Crippen LogP contribution in [0.4, 0.5) is 0 Å². The van der Waals surface area contributed by atoms with Crippen LogP contribution < -0.4 is 5.46 Å². The Morgan fingerprint density at radius 1 is 1.33 bits per heavy atom. The Hall–Kier alpha value is -1.51. The number of fused-ring (bicyclic) bond motifs is 1. The van der Waals surface area contributed by atoms with Crippen LogP contribution in [0.15, 0.2) is 30.5 Å². The van der Waals surface area contributed by atoms with Crippen LogP contribution in [-0.4, -0.2) is 17.9 Å². The number of phenols is 1. The maximum absolute atomic E-state index is 9.41. The Balaban J connectivity index is 2.89. The lowest BCUT2D eigenvalue weighted by atomic mass is 9.94. The molecule has 0 amide bonds. The standard InChI is InChI=1S/C9H6BNO/c10-7-4-6-2-1-3-11-9(6)8(12)5-7/h1-5,12H. The van der Waals surface area contributed by atoms with Gasteiger partial charge in [0.1, 0.15) is 19.1 Å². The molecule has 2 rings (SSSR count). The molecule has 0 saturated heterocycles. The molecule has 0 fully saturated rings. The van der Waals surface area contributed by atoms with E-state index in [-0.39, 0.29) is 5.75 Å². The lowest BCUT2D eigenvalue weighted by Crippen LogP contribution is -2.00. The van der Waals surface area contributed by atoms with Crippen molar-refractivity contribution >= 4 is 24.2 Å². The molecule has 3 heteroatoms. The average Bonchev–Trinajstić information content (AvgIpc) is 2.04. The highest BCUT2D eigenvalue weighted by Gasteiger charge is 1.99. The van der Waals surface area contributed by atoms with E-state index < -0.39 is 0 Å². The van der Waals surface area contributed by atoms with E-state index in [0.29, 0.717) is 11.0 Å². The van der Waals surface area contributed by atoms with E-state index in [1.54, 1.807) is 18.3 Å². The molecule has 0 spiro atoms. The average molecular weight is 155 g/mol. The van der Waals surface area contributed by atoms with Crippen LogP contribution in [0, 0.1) is 0 Å². The van der Waals surface area contributed by atoms with Crippen molar-refractivity contribution in [2.75, 3.05) is 0 Å². The molecule has 56 valence electrons. The van der Waals surface area contributed by atoms with Crippen LogP contribution in [0.25, 0.3) is 10.9 Å². The van der Waals surface area contributed by atoms with E-state index in [9.17, 15) is 5.11 Å². The van der Waals surface area contributed by atoms with Crippen molar-refractivity contribution < 1.29 is 5.11 Å². The maximum Gasteiger partial charge on any atom is 0.141 e. The smallest absolute Gasteiger partial charge is 0.141 e. The first-order chi connectivity index (χ1) is 5.77. The summed E-state index contributed by atoms with van der Waals surface area (Å²) in [7, 11) is 5.54. The highest BCUT2D eigenvalue weighted by molar-refractivity contribution is 6.33. The van der Waals surface area contributed by atoms with E-state index >= 15 is 0 Å². The van der Waals surface area contributed by atoms with Crippen molar-refractivity contribution in [3.8, 4) is 5.75 Å². The first-order valence-corrected chi connectivity index (χ1v) is 3.60. The topological polar surface area (TPSA) is 33.1 Å². The van der Waals surface area contributed by atoms with Gasteiger partial charge in [0.2, 0.25) is 0 Å². The number of benzene rings is 1. The number of aromatic nitrogens is 1. The summed E-state index contributed by atoms with van der Waals surface area (Å²) >= 11 is 0. The molecular formula is C9H6BNO. The zero-order valence-corrected chi connectivity index (χ0v) is 6.36. The zero-order chi connectivity index (χ0) is 8.55. The van der Waals surface area contributed by atoms with Gasteiger partial charge in [0.05, 0.1) is 0 Å². The molecule has 2 radical (unpaired) electrons. The Kier molecular flexibility index (Phi) is 1.50. The number of nitrogens with zero attached hydrogens (tertiary/aromatic N) is 1. The largest absolute Gasteiger partial charge is 0.506 e. The number of hydrogen-bond donors (Lipinski definition) is 1. The minimum atomic E-state index is 0.130. The molecule has 0 atom stereocenters. The van der Waals surface area contributed by atoms with Crippen LogP contribution in [0.5, 0.6) is 5.75 Å². The van der Waals surface area contributed by atoms with Gasteiger partial charge in [-0.25, -0.2) is 0 Å². The van der Waals surface area contributed by atoms with Gasteiger partial charge in [0, 0.05) is 11.6 Å². The molecule has 2 aromatic rings. The molecule has 1 N–H and O–H groups in total. The summed E-state index contributed by atoms with van der Waals surface area (Å²) in [5.41, 5.74) is 1.14. The van der Waals surface area contributed by atoms with Gasteiger partial charge >= 0.3 is 0 Å². The summed E-state index contributed by atoms with van der Waals surface area (Å²) in [4.78, 5) is 4.02. The minimum Gasteiger partial charge on any atom is -0.506 e. The second-order valence-corrected chi connectivity index (χ2v) is 2.62. The summed E-state index contributed by atoms with van der Waals surface area (Å²) in [5.74, 6) is 0.130. The van der Waals surface area contributed by atoms with Gasteiger partial charge in [-0.15, -0.1) is 0 Å². The minimum absolute atomic E-state index is 0.130. The highest BCUT2D eigenvalue weighted by Crippen LogP contribution is 2.19. The van der Waals surface area contributed by atoms with Crippen molar-refractivity contribution in [2.45, 2.75) is 0 Å².